The number of aromatic amines is 1. The van der Waals surface area contributed by atoms with Gasteiger partial charge in [-0.3, -0.25) is 9.59 Å². The highest BCUT2D eigenvalue weighted by molar-refractivity contribution is 9.10. The van der Waals surface area contributed by atoms with E-state index in [1.165, 1.54) is 0 Å². The Bertz CT molecular complexity index is 432. The van der Waals surface area contributed by atoms with E-state index in [0.29, 0.717) is 0 Å². The van der Waals surface area contributed by atoms with Gasteiger partial charge >= 0.3 is 0 Å². The van der Waals surface area contributed by atoms with Crippen LogP contribution < -0.4 is 5.56 Å². The number of H-pyrrole nitrogens is 1. The molecule has 1 aromatic heterocycles. The summed E-state index contributed by atoms with van der Waals surface area (Å²) in [7, 11) is 0. The molecule has 0 amide bonds. The fourth-order valence-electron chi connectivity index (χ4n) is 0.854. The van der Waals surface area contributed by atoms with Crippen LogP contribution in [0.2, 0.25) is 0 Å². The molecule has 1 aromatic rings. The standard InChI is InChI=1S/C7H3BrClF2NO2/c8-3-1-2(5(9)13)4(6(10)11)12-7(3)14/h1,6H,(H,12,14). The third-order valence-electron chi connectivity index (χ3n) is 1.46. The van der Waals surface area contributed by atoms with Crippen LogP contribution in [-0.4, -0.2) is 10.2 Å². The number of alkyl halides is 2. The van der Waals surface area contributed by atoms with E-state index in [4.69, 9.17) is 11.6 Å². The van der Waals surface area contributed by atoms with Gasteiger partial charge in [0, 0.05) is 0 Å². The second-order valence-electron chi connectivity index (χ2n) is 2.35. The number of hydrogen-bond acceptors (Lipinski definition) is 2. The summed E-state index contributed by atoms with van der Waals surface area (Å²) in [6.45, 7) is 0. The lowest BCUT2D eigenvalue weighted by molar-refractivity contribution is 0.106. The minimum absolute atomic E-state index is 0.0223. The molecular weight excluding hydrogens is 283 g/mol. The molecule has 0 unspecified atom stereocenters. The van der Waals surface area contributed by atoms with Crippen LogP contribution in [0.4, 0.5) is 8.78 Å². The summed E-state index contributed by atoms with van der Waals surface area (Å²) in [6.07, 6.45) is -2.95. The summed E-state index contributed by atoms with van der Waals surface area (Å²) in [4.78, 5) is 23.5. The van der Waals surface area contributed by atoms with Crippen LogP contribution in [-0.2, 0) is 0 Å². The van der Waals surface area contributed by atoms with Crippen LogP contribution in [0.25, 0.3) is 0 Å². The predicted octanol–water partition coefficient (Wildman–Crippen LogP) is 2.45. The zero-order valence-electron chi connectivity index (χ0n) is 6.48. The second-order valence-corrected chi connectivity index (χ2v) is 3.55. The summed E-state index contributed by atoms with van der Waals surface area (Å²) < 4.78 is 24.6. The largest absolute Gasteiger partial charge is 0.319 e. The number of nitrogens with one attached hydrogen (secondary N) is 1. The number of pyridine rings is 1. The van der Waals surface area contributed by atoms with Gasteiger partial charge in [-0.25, -0.2) is 8.78 Å². The van der Waals surface area contributed by atoms with E-state index in [9.17, 15) is 18.4 Å². The molecule has 0 radical (unpaired) electrons. The van der Waals surface area contributed by atoms with Gasteiger partial charge in [0.25, 0.3) is 17.2 Å². The molecule has 0 saturated carbocycles. The Labute approximate surface area is 90.2 Å². The van der Waals surface area contributed by atoms with Gasteiger partial charge in [-0.2, -0.15) is 0 Å². The molecule has 3 nitrogen and oxygen atoms in total. The lowest BCUT2D eigenvalue weighted by Crippen LogP contribution is -2.14. The Kier molecular flexibility index (Phi) is 3.38. The molecule has 1 rings (SSSR count). The maximum atomic E-state index is 12.3. The predicted molar refractivity (Wildman–Crippen MR) is 49.9 cm³/mol. The number of hydrogen-bond donors (Lipinski definition) is 1. The summed E-state index contributed by atoms with van der Waals surface area (Å²) in [5, 5.41) is -1.04. The highest BCUT2D eigenvalue weighted by Gasteiger charge is 2.19. The first-order chi connectivity index (χ1) is 6.43. The second kappa shape index (κ2) is 4.18. The van der Waals surface area contributed by atoms with Gasteiger partial charge in [0.05, 0.1) is 15.7 Å². The monoisotopic (exact) mass is 285 g/mol. The summed E-state index contributed by atoms with van der Waals surface area (Å²) in [5.41, 5.74) is -1.91. The van der Waals surface area contributed by atoms with E-state index in [2.05, 4.69) is 15.9 Å². The fraction of sp³-hybridized carbons (Fsp3) is 0.143. The fourth-order valence-corrected chi connectivity index (χ4v) is 1.34. The van der Waals surface area contributed by atoms with Gasteiger partial charge in [-0.1, -0.05) is 0 Å². The van der Waals surface area contributed by atoms with Crippen molar-refractivity contribution in [2.24, 2.45) is 0 Å². The topological polar surface area (TPSA) is 49.9 Å². The first-order valence-corrected chi connectivity index (χ1v) is 4.51. The molecule has 1 N–H and O–H groups in total. The van der Waals surface area contributed by atoms with Crippen LogP contribution >= 0.6 is 27.5 Å². The molecule has 0 fully saturated rings. The molecule has 0 bridgehead atoms. The Morgan fingerprint density at radius 3 is 2.57 bits per heavy atom. The summed E-state index contributed by atoms with van der Waals surface area (Å²) in [5.74, 6) is 0. The zero-order valence-corrected chi connectivity index (χ0v) is 8.82. The molecule has 0 aromatic carbocycles. The Morgan fingerprint density at radius 2 is 2.14 bits per heavy atom. The smallest absolute Gasteiger partial charge is 0.279 e. The minimum atomic E-state index is -2.95. The molecule has 0 spiro atoms. The van der Waals surface area contributed by atoms with Crippen molar-refractivity contribution >= 4 is 32.8 Å². The van der Waals surface area contributed by atoms with Crippen molar-refractivity contribution in [3.05, 3.63) is 32.2 Å². The maximum absolute atomic E-state index is 12.3. The lowest BCUT2D eigenvalue weighted by Gasteiger charge is -2.04. The molecule has 0 aliphatic heterocycles. The summed E-state index contributed by atoms with van der Waals surface area (Å²) in [6, 6.07) is 0.968. The van der Waals surface area contributed by atoms with Crippen molar-refractivity contribution in [3.63, 3.8) is 0 Å². The highest BCUT2D eigenvalue weighted by Crippen LogP contribution is 2.22. The molecule has 0 saturated heterocycles. The Balaban J connectivity index is 3.47. The molecule has 0 aliphatic carbocycles. The van der Waals surface area contributed by atoms with E-state index in [0.717, 1.165) is 6.07 Å². The quantitative estimate of drug-likeness (QED) is 0.849. The van der Waals surface area contributed by atoms with E-state index >= 15 is 0 Å². The number of halogens is 4. The normalized spacial score (nSPS) is 10.6. The molecule has 76 valence electrons. The van der Waals surface area contributed by atoms with Crippen LogP contribution in [0.1, 0.15) is 22.5 Å². The molecule has 14 heavy (non-hydrogen) atoms. The van der Waals surface area contributed by atoms with Crippen molar-refractivity contribution in [1.29, 1.82) is 0 Å². The van der Waals surface area contributed by atoms with Crippen LogP contribution in [0.3, 0.4) is 0 Å². The number of rotatable bonds is 2. The van der Waals surface area contributed by atoms with Gasteiger partial charge in [0.15, 0.2) is 0 Å². The van der Waals surface area contributed by atoms with E-state index in [1.54, 1.807) is 0 Å². The van der Waals surface area contributed by atoms with Gasteiger partial charge in [0.2, 0.25) is 0 Å². The average Bonchev–Trinajstić information content (AvgIpc) is 2.08. The summed E-state index contributed by atoms with van der Waals surface area (Å²) >= 11 is 7.86. The van der Waals surface area contributed by atoms with Crippen LogP contribution in [0, 0.1) is 0 Å². The first kappa shape index (κ1) is 11.3. The van der Waals surface area contributed by atoms with E-state index < -0.39 is 28.5 Å². The van der Waals surface area contributed by atoms with Gasteiger partial charge < -0.3 is 4.98 Å². The van der Waals surface area contributed by atoms with Crippen LogP contribution in [0.15, 0.2) is 15.3 Å². The molecule has 0 aliphatic rings. The Morgan fingerprint density at radius 1 is 1.57 bits per heavy atom. The molecule has 0 atom stereocenters. The van der Waals surface area contributed by atoms with Crippen molar-refractivity contribution in [2.75, 3.05) is 0 Å². The zero-order chi connectivity index (χ0) is 10.9. The Hall–Kier alpha value is -0.750. The number of aromatic nitrogens is 1. The van der Waals surface area contributed by atoms with Crippen molar-refractivity contribution in [3.8, 4) is 0 Å². The van der Waals surface area contributed by atoms with E-state index in [-0.39, 0.29) is 4.47 Å². The SMILES string of the molecule is O=C(Cl)c1cc(Br)c(=O)[nH]c1C(F)F. The van der Waals surface area contributed by atoms with E-state index in [1.807, 2.05) is 4.98 Å². The lowest BCUT2D eigenvalue weighted by atomic mass is 10.2. The molecule has 1 heterocycles. The first-order valence-electron chi connectivity index (χ1n) is 3.34. The average molecular weight is 286 g/mol. The third kappa shape index (κ3) is 2.19. The minimum Gasteiger partial charge on any atom is -0.319 e. The van der Waals surface area contributed by atoms with Gasteiger partial charge in [-0.15, -0.1) is 0 Å². The number of carbonyl (C=O) groups excluding carboxylic acids is 1. The van der Waals surface area contributed by atoms with Crippen LogP contribution in [0.5, 0.6) is 0 Å². The maximum Gasteiger partial charge on any atom is 0.279 e. The van der Waals surface area contributed by atoms with Gasteiger partial charge in [0.1, 0.15) is 0 Å². The number of carbonyl (C=O) groups is 1. The molecular formula is C7H3BrClF2NO2. The van der Waals surface area contributed by atoms with Crippen molar-refractivity contribution in [1.82, 2.24) is 4.98 Å². The van der Waals surface area contributed by atoms with Crippen molar-refractivity contribution < 1.29 is 13.6 Å². The molecule has 7 heteroatoms. The highest BCUT2D eigenvalue weighted by atomic mass is 79.9. The van der Waals surface area contributed by atoms with Crippen molar-refractivity contribution in [2.45, 2.75) is 6.43 Å². The van der Waals surface area contributed by atoms with Gasteiger partial charge in [-0.05, 0) is 33.6 Å². The third-order valence-corrected chi connectivity index (χ3v) is 2.25.